The van der Waals surface area contributed by atoms with Crippen molar-refractivity contribution in [1.82, 2.24) is 10.3 Å². The van der Waals surface area contributed by atoms with Gasteiger partial charge < -0.3 is 10.1 Å². The van der Waals surface area contributed by atoms with Gasteiger partial charge in [-0.25, -0.2) is 9.78 Å². The van der Waals surface area contributed by atoms with Crippen LogP contribution in [0.5, 0.6) is 0 Å². The third-order valence-corrected chi connectivity index (χ3v) is 5.34. The number of carbonyl (C=O) groups excluding carboxylic acids is 2. The molecule has 4 rings (SSSR count). The molecule has 0 fully saturated rings. The fraction of sp³-hybridized carbons (Fsp3) is 0.240. The second-order valence-corrected chi connectivity index (χ2v) is 7.73. The summed E-state index contributed by atoms with van der Waals surface area (Å²) in [4.78, 5) is 29.6. The maximum absolute atomic E-state index is 13.0. The van der Waals surface area contributed by atoms with Crippen LogP contribution in [-0.2, 0) is 16.0 Å². The molecule has 5 nitrogen and oxygen atoms in total. The van der Waals surface area contributed by atoms with Crippen LogP contribution < -0.4 is 5.32 Å². The second-order valence-electron chi connectivity index (χ2n) is 7.73. The van der Waals surface area contributed by atoms with Gasteiger partial charge >= 0.3 is 12.1 Å². The number of nitrogens with one attached hydrogen (secondary N) is 1. The lowest BCUT2D eigenvalue weighted by molar-refractivity contribution is -0.140. The molecule has 33 heavy (non-hydrogen) atoms. The first-order valence-electron chi connectivity index (χ1n) is 10.5. The molecule has 3 aromatic rings. The van der Waals surface area contributed by atoms with Crippen LogP contribution in [0.4, 0.5) is 13.2 Å². The number of para-hydroxylation sites is 1. The topological polar surface area (TPSA) is 68.3 Å². The lowest BCUT2D eigenvalue weighted by atomic mass is 9.86. The van der Waals surface area contributed by atoms with Gasteiger partial charge in [-0.1, -0.05) is 48.5 Å². The second kappa shape index (κ2) is 9.44. The standard InChI is InChI=1S/C25H21F3N2O3/c26-25(27,28)15-29-21(31)14-33-24(32)22-18-10-4-5-12-20(18)30-23-17(9-6-11-19(22)23)13-16-7-2-1-3-8-16/h1-5,7-8,10,12-13H,6,9,11,14-15H2,(H,29,31)/b17-13-. The molecule has 0 atom stereocenters. The van der Waals surface area contributed by atoms with Gasteiger partial charge in [0.05, 0.1) is 16.8 Å². The Labute approximate surface area is 188 Å². The molecular weight excluding hydrogens is 433 g/mol. The first-order valence-corrected chi connectivity index (χ1v) is 10.5. The van der Waals surface area contributed by atoms with E-state index in [1.807, 2.05) is 42.5 Å². The van der Waals surface area contributed by atoms with Gasteiger partial charge in [0, 0.05) is 5.39 Å². The molecule has 1 aromatic heterocycles. The molecule has 170 valence electrons. The normalized spacial score (nSPS) is 14.7. The van der Waals surface area contributed by atoms with Crippen molar-refractivity contribution in [2.24, 2.45) is 0 Å². The summed E-state index contributed by atoms with van der Waals surface area (Å²) in [6.45, 7) is -2.28. The highest BCUT2D eigenvalue weighted by Gasteiger charge is 2.29. The predicted molar refractivity (Wildman–Crippen MR) is 118 cm³/mol. The minimum Gasteiger partial charge on any atom is -0.452 e. The molecule has 0 aliphatic heterocycles. The molecule has 8 heteroatoms. The van der Waals surface area contributed by atoms with Crippen LogP contribution in [-0.4, -0.2) is 36.2 Å². The average molecular weight is 454 g/mol. The molecular formula is C25H21F3N2O3. The van der Waals surface area contributed by atoms with Crippen molar-refractivity contribution in [3.05, 3.63) is 77.0 Å². The van der Waals surface area contributed by atoms with Gasteiger partial charge in [0.15, 0.2) is 6.61 Å². The number of fused-ring (bicyclic) bond motifs is 2. The minimum atomic E-state index is -4.54. The summed E-state index contributed by atoms with van der Waals surface area (Å²) in [6, 6.07) is 16.9. The zero-order valence-corrected chi connectivity index (χ0v) is 17.6. The molecule has 1 N–H and O–H groups in total. The van der Waals surface area contributed by atoms with Crippen molar-refractivity contribution >= 4 is 34.4 Å². The summed E-state index contributed by atoms with van der Waals surface area (Å²) in [5.74, 6) is -1.77. The number of hydrogen-bond donors (Lipinski definition) is 1. The summed E-state index contributed by atoms with van der Waals surface area (Å²) in [6.07, 6.45) is -0.301. The van der Waals surface area contributed by atoms with E-state index in [1.165, 1.54) is 0 Å². The van der Waals surface area contributed by atoms with Gasteiger partial charge in [-0.3, -0.25) is 4.79 Å². The number of benzene rings is 2. The Morgan fingerprint density at radius 2 is 1.76 bits per heavy atom. The Bertz CT molecular complexity index is 1220. The van der Waals surface area contributed by atoms with Crippen molar-refractivity contribution in [2.75, 3.05) is 13.2 Å². The van der Waals surface area contributed by atoms with E-state index in [0.717, 1.165) is 29.5 Å². The Morgan fingerprint density at radius 1 is 1.03 bits per heavy atom. The summed E-state index contributed by atoms with van der Waals surface area (Å²) in [5.41, 5.74) is 4.34. The van der Waals surface area contributed by atoms with Crippen LogP contribution in [0.25, 0.3) is 22.6 Å². The van der Waals surface area contributed by atoms with E-state index >= 15 is 0 Å². The summed E-state index contributed by atoms with van der Waals surface area (Å²) in [5, 5.41) is 2.28. The van der Waals surface area contributed by atoms with Crippen molar-refractivity contribution in [3.63, 3.8) is 0 Å². The van der Waals surface area contributed by atoms with Gasteiger partial charge in [0.25, 0.3) is 5.91 Å². The average Bonchev–Trinajstić information content (AvgIpc) is 2.80. The summed E-state index contributed by atoms with van der Waals surface area (Å²) < 4.78 is 42.0. The zero-order chi connectivity index (χ0) is 23.4. The number of nitrogens with zero attached hydrogens (tertiary/aromatic N) is 1. The number of esters is 1. The largest absolute Gasteiger partial charge is 0.452 e. The molecule has 0 spiro atoms. The predicted octanol–water partition coefficient (Wildman–Crippen LogP) is 4.95. The number of amides is 1. The van der Waals surface area contributed by atoms with Crippen molar-refractivity contribution in [3.8, 4) is 0 Å². The molecule has 0 unspecified atom stereocenters. The summed E-state index contributed by atoms with van der Waals surface area (Å²) >= 11 is 0. The smallest absolute Gasteiger partial charge is 0.405 e. The zero-order valence-electron chi connectivity index (χ0n) is 17.6. The number of allylic oxidation sites excluding steroid dienone is 1. The Balaban J connectivity index is 1.68. The SMILES string of the molecule is O=C(COC(=O)c1c2c(nc3ccccc13)/C(=C\c1ccccc1)CCC2)NCC(F)(F)F. The number of rotatable bonds is 5. The van der Waals surface area contributed by atoms with Crippen molar-refractivity contribution < 1.29 is 27.5 Å². The van der Waals surface area contributed by atoms with Gasteiger partial charge in [0.2, 0.25) is 0 Å². The number of carbonyl (C=O) groups is 2. The van der Waals surface area contributed by atoms with Gasteiger partial charge in [-0.15, -0.1) is 0 Å². The first kappa shape index (κ1) is 22.5. The van der Waals surface area contributed by atoms with Gasteiger partial charge in [0.1, 0.15) is 6.54 Å². The van der Waals surface area contributed by atoms with E-state index in [-0.39, 0.29) is 0 Å². The van der Waals surface area contributed by atoms with Crippen LogP contribution in [0.2, 0.25) is 0 Å². The van der Waals surface area contributed by atoms with Gasteiger partial charge in [-0.2, -0.15) is 13.2 Å². The van der Waals surface area contributed by atoms with Crippen LogP contribution in [0, 0.1) is 0 Å². The van der Waals surface area contributed by atoms with Crippen molar-refractivity contribution in [1.29, 1.82) is 0 Å². The number of hydrogen-bond acceptors (Lipinski definition) is 4. The Morgan fingerprint density at radius 3 is 2.52 bits per heavy atom. The van der Waals surface area contributed by atoms with Crippen LogP contribution >= 0.6 is 0 Å². The minimum absolute atomic E-state index is 0.304. The van der Waals surface area contributed by atoms with Crippen LogP contribution in [0.3, 0.4) is 0 Å². The number of alkyl halides is 3. The van der Waals surface area contributed by atoms with E-state index in [4.69, 9.17) is 9.72 Å². The van der Waals surface area contributed by atoms with Crippen LogP contribution in [0.15, 0.2) is 54.6 Å². The highest BCUT2D eigenvalue weighted by Crippen LogP contribution is 2.36. The lowest BCUT2D eigenvalue weighted by Gasteiger charge is -2.22. The highest BCUT2D eigenvalue weighted by molar-refractivity contribution is 6.07. The van der Waals surface area contributed by atoms with Crippen molar-refractivity contribution in [2.45, 2.75) is 25.4 Å². The molecule has 1 heterocycles. The fourth-order valence-corrected chi connectivity index (χ4v) is 3.91. The molecule has 0 radical (unpaired) electrons. The molecule has 0 saturated heterocycles. The molecule has 1 aliphatic rings. The number of pyridine rings is 1. The van der Waals surface area contributed by atoms with E-state index in [0.29, 0.717) is 28.6 Å². The Hall–Kier alpha value is -3.68. The Kier molecular flexibility index (Phi) is 6.44. The molecule has 2 aromatic carbocycles. The molecule has 0 saturated carbocycles. The van der Waals surface area contributed by atoms with Gasteiger partial charge in [-0.05, 0) is 48.1 Å². The van der Waals surface area contributed by atoms with Crippen LogP contribution in [0.1, 0.15) is 40.0 Å². The number of ether oxygens (including phenoxy) is 1. The third kappa shape index (κ3) is 5.39. The van der Waals surface area contributed by atoms with E-state index < -0.39 is 31.2 Å². The first-order chi connectivity index (χ1) is 15.8. The lowest BCUT2D eigenvalue weighted by Crippen LogP contribution is -2.36. The molecule has 1 amide bonds. The maximum atomic E-state index is 13.0. The maximum Gasteiger partial charge on any atom is 0.405 e. The van der Waals surface area contributed by atoms with E-state index in [2.05, 4.69) is 0 Å². The highest BCUT2D eigenvalue weighted by atomic mass is 19.4. The van der Waals surface area contributed by atoms with E-state index in [1.54, 1.807) is 23.5 Å². The fourth-order valence-electron chi connectivity index (χ4n) is 3.91. The monoisotopic (exact) mass is 454 g/mol. The third-order valence-electron chi connectivity index (χ3n) is 5.34. The number of halogens is 3. The quantitative estimate of drug-likeness (QED) is 0.554. The number of aromatic nitrogens is 1. The summed E-state index contributed by atoms with van der Waals surface area (Å²) in [7, 11) is 0. The van der Waals surface area contributed by atoms with E-state index in [9.17, 15) is 22.8 Å². The molecule has 1 aliphatic carbocycles. The molecule has 0 bridgehead atoms.